The lowest BCUT2D eigenvalue weighted by Gasteiger charge is -2.35. The Balaban J connectivity index is 1.20. The van der Waals surface area contributed by atoms with Crippen molar-refractivity contribution in [3.8, 4) is 11.5 Å². The van der Waals surface area contributed by atoms with E-state index in [-0.39, 0.29) is 18.2 Å². The first-order chi connectivity index (χ1) is 15.5. The van der Waals surface area contributed by atoms with Gasteiger partial charge in [-0.2, -0.15) is 0 Å². The van der Waals surface area contributed by atoms with E-state index in [9.17, 15) is 9.59 Å². The largest absolute Gasteiger partial charge is 0.497 e. The van der Waals surface area contributed by atoms with Crippen molar-refractivity contribution in [3.63, 3.8) is 0 Å². The van der Waals surface area contributed by atoms with Gasteiger partial charge in [-0.05, 0) is 42.5 Å². The molecule has 0 bridgehead atoms. The average Bonchev–Trinajstić information content (AvgIpc) is 2.80. The molecule has 1 atom stereocenters. The molecule has 4 rings (SSSR count). The minimum absolute atomic E-state index is 0.0178. The first kappa shape index (κ1) is 22.8. The van der Waals surface area contributed by atoms with E-state index < -0.39 is 5.25 Å². The average molecular weight is 476 g/mol. The standard InChI is InChI=1S/C23H26ClN3O4S/c1-30-17-3-5-18(6-4-17)31-13-12-26-8-10-27(11-9-26)22(28)15-21-23(29)25-19-14-16(24)2-7-20(19)32-21/h2-7,14,21H,8-13,15H2,1H3,(H,25,29). The molecule has 0 radical (unpaired) electrons. The number of carbonyl (C=O) groups excluding carboxylic acids is 2. The van der Waals surface area contributed by atoms with E-state index in [1.807, 2.05) is 35.2 Å². The molecule has 2 aromatic rings. The van der Waals surface area contributed by atoms with Gasteiger partial charge in [-0.25, -0.2) is 0 Å². The Labute approximate surface area is 197 Å². The van der Waals surface area contributed by atoms with Crippen LogP contribution in [-0.4, -0.2) is 73.3 Å². The minimum Gasteiger partial charge on any atom is -0.497 e. The molecular weight excluding hydrogens is 450 g/mol. The van der Waals surface area contributed by atoms with E-state index in [1.165, 1.54) is 11.8 Å². The maximum absolute atomic E-state index is 12.8. The second-order valence-electron chi connectivity index (χ2n) is 7.69. The number of anilines is 1. The highest BCUT2D eigenvalue weighted by atomic mass is 35.5. The summed E-state index contributed by atoms with van der Waals surface area (Å²) in [6.07, 6.45) is 0.194. The fraction of sp³-hybridized carbons (Fsp3) is 0.391. The van der Waals surface area contributed by atoms with E-state index in [2.05, 4.69) is 10.2 Å². The Morgan fingerprint density at radius 2 is 1.84 bits per heavy atom. The third-order valence-corrected chi connectivity index (χ3v) is 7.09. The lowest BCUT2D eigenvalue weighted by Crippen LogP contribution is -2.50. The molecule has 0 spiro atoms. The van der Waals surface area contributed by atoms with Crippen LogP contribution in [0.3, 0.4) is 0 Å². The summed E-state index contributed by atoms with van der Waals surface area (Å²) >= 11 is 7.42. The minimum atomic E-state index is -0.424. The van der Waals surface area contributed by atoms with Crippen LogP contribution in [0.5, 0.6) is 11.5 Å². The van der Waals surface area contributed by atoms with Crippen LogP contribution >= 0.6 is 23.4 Å². The summed E-state index contributed by atoms with van der Waals surface area (Å²) < 4.78 is 10.9. The molecule has 9 heteroatoms. The smallest absolute Gasteiger partial charge is 0.238 e. The van der Waals surface area contributed by atoms with Gasteiger partial charge >= 0.3 is 0 Å². The Kier molecular flexibility index (Phi) is 7.44. The normalized spacial score (nSPS) is 18.6. The number of carbonyl (C=O) groups is 2. The number of fused-ring (bicyclic) bond motifs is 1. The Morgan fingerprint density at radius 1 is 1.12 bits per heavy atom. The molecule has 0 saturated carbocycles. The van der Waals surface area contributed by atoms with Crippen molar-refractivity contribution in [2.75, 3.05) is 51.8 Å². The van der Waals surface area contributed by atoms with Crippen molar-refractivity contribution in [1.29, 1.82) is 0 Å². The molecule has 1 fully saturated rings. The number of nitrogens with one attached hydrogen (secondary N) is 1. The molecule has 0 aliphatic carbocycles. The molecule has 0 aromatic heterocycles. The van der Waals surface area contributed by atoms with Crippen molar-refractivity contribution < 1.29 is 19.1 Å². The Bertz CT molecular complexity index is 964. The predicted octanol–water partition coefficient (Wildman–Crippen LogP) is 3.37. The van der Waals surface area contributed by atoms with Crippen LogP contribution in [0.25, 0.3) is 0 Å². The van der Waals surface area contributed by atoms with Gasteiger partial charge < -0.3 is 19.7 Å². The number of benzene rings is 2. The van der Waals surface area contributed by atoms with Crippen molar-refractivity contribution in [1.82, 2.24) is 9.80 Å². The first-order valence-electron chi connectivity index (χ1n) is 10.6. The summed E-state index contributed by atoms with van der Waals surface area (Å²) in [6.45, 7) is 4.29. The number of methoxy groups -OCH3 is 1. The lowest BCUT2D eigenvalue weighted by molar-refractivity contribution is -0.134. The first-order valence-corrected chi connectivity index (χ1v) is 11.8. The molecule has 32 heavy (non-hydrogen) atoms. The second kappa shape index (κ2) is 10.5. The van der Waals surface area contributed by atoms with Gasteiger partial charge in [0, 0.05) is 49.1 Å². The maximum Gasteiger partial charge on any atom is 0.238 e. The highest BCUT2D eigenvalue weighted by Gasteiger charge is 2.31. The Hall–Kier alpha value is -2.42. The van der Waals surface area contributed by atoms with E-state index in [1.54, 1.807) is 19.2 Å². The van der Waals surface area contributed by atoms with Crippen LogP contribution in [0.4, 0.5) is 5.69 Å². The molecule has 2 aliphatic rings. The van der Waals surface area contributed by atoms with E-state index in [0.717, 1.165) is 36.0 Å². The molecular formula is C23H26ClN3O4S. The molecule has 1 unspecified atom stereocenters. The van der Waals surface area contributed by atoms with E-state index >= 15 is 0 Å². The number of nitrogens with zero attached hydrogens (tertiary/aromatic N) is 2. The quantitative estimate of drug-likeness (QED) is 0.662. The monoisotopic (exact) mass is 475 g/mol. The third-order valence-electron chi connectivity index (χ3n) is 5.58. The lowest BCUT2D eigenvalue weighted by atomic mass is 10.2. The Morgan fingerprint density at radius 3 is 2.56 bits per heavy atom. The number of ether oxygens (including phenoxy) is 2. The summed E-state index contributed by atoms with van der Waals surface area (Å²) in [7, 11) is 1.64. The molecule has 7 nitrogen and oxygen atoms in total. The van der Waals surface area contributed by atoms with Gasteiger partial charge in [-0.15, -0.1) is 11.8 Å². The van der Waals surface area contributed by atoms with Gasteiger partial charge in [0.05, 0.1) is 18.0 Å². The van der Waals surface area contributed by atoms with Crippen LogP contribution in [0.1, 0.15) is 6.42 Å². The molecule has 2 amide bonds. The maximum atomic E-state index is 12.8. The van der Waals surface area contributed by atoms with Gasteiger partial charge in [0.1, 0.15) is 18.1 Å². The number of hydrogen-bond donors (Lipinski definition) is 1. The SMILES string of the molecule is COc1ccc(OCCN2CCN(C(=O)CC3Sc4ccc(Cl)cc4NC3=O)CC2)cc1. The van der Waals surface area contributed by atoms with Crippen LogP contribution in [0.15, 0.2) is 47.4 Å². The fourth-order valence-electron chi connectivity index (χ4n) is 3.73. The summed E-state index contributed by atoms with van der Waals surface area (Å²) in [5.74, 6) is 1.49. The van der Waals surface area contributed by atoms with Crippen molar-refractivity contribution in [3.05, 3.63) is 47.5 Å². The molecule has 170 valence electrons. The van der Waals surface area contributed by atoms with Gasteiger partial charge in [0.15, 0.2) is 0 Å². The zero-order valence-electron chi connectivity index (χ0n) is 17.9. The van der Waals surface area contributed by atoms with Gasteiger partial charge in [0.2, 0.25) is 11.8 Å². The fourth-order valence-corrected chi connectivity index (χ4v) is 4.98. The number of hydrogen-bond acceptors (Lipinski definition) is 6. The number of amides is 2. The van der Waals surface area contributed by atoms with E-state index in [4.69, 9.17) is 21.1 Å². The topological polar surface area (TPSA) is 71.1 Å². The van der Waals surface area contributed by atoms with Crippen molar-refractivity contribution in [2.24, 2.45) is 0 Å². The van der Waals surface area contributed by atoms with Gasteiger partial charge in [0.25, 0.3) is 0 Å². The van der Waals surface area contributed by atoms with E-state index in [0.29, 0.717) is 30.4 Å². The number of halogens is 1. The summed E-state index contributed by atoms with van der Waals surface area (Å²) in [5.41, 5.74) is 0.710. The van der Waals surface area contributed by atoms with Crippen LogP contribution in [0.2, 0.25) is 5.02 Å². The van der Waals surface area contributed by atoms with Crippen LogP contribution in [-0.2, 0) is 9.59 Å². The van der Waals surface area contributed by atoms with Crippen LogP contribution < -0.4 is 14.8 Å². The van der Waals surface area contributed by atoms with Crippen molar-refractivity contribution in [2.45, 2.75) is 16.6 Å². The molecule has 2 heterocycles. The van der Waals surface area contributed by atoms with Crippen molar-refractivity contribution >= 4 is 40.9 Å². The van der Waals surface area contributed by atoms with Gasteiger partial charge in [-0.3, -0.25) is 14.5 Å². The zero-order chi connectivity index (χ0) is 22.5. The zero-order valence-corrected chi connectivity index (χ0v) is 19.5. The molecule has 1 N–H and O–H groups in total. The molecule has 1 saturated heterocycles. The molecule has 2 aliphatic heterocycles. The summed E-state index contributed by atoms with van der Waals surface area (Å²) in [6, 6.07) is 12.9. The highest BCUT2D eigenvalue weighted by Crippen LogP contribution is 2.38. The van der Waals surface area contributed by atoms with Crippen LogP contribution in [0, 0.1) is 0 Å². The second-order valence-corrected chi connectivity index (χ2v) is 9.37. The summed E-state index contributed by atoms with van der Waals surface area (Å²) in [4.78, 5) is 30.3. The number of thioether (sulfide) groups is 1. The van der Waals surface area contributed by atoms with Gasteiger partial charge in [-0.1, -0.05) is 11.6 Å². The number of rotatable bonds is 7. The number of piperazine rings is 1. The predicted molar refractivity (Wildman–Crippen MR) is 126 cm³/mol. The third kappa shape index (κ3) is 5.68. The summed E-state index contributed by atoms with van der Waals surface area (Å²) in [5, 5.41) is 3.02. The molecule has 2 aromatic carbocycles. The highest BCUT2D eigenvalue weighted by molar-refractivity contribution is 8.01.